The van der Waals surface area contributed by atoms with E-state index < -0.39 is 10.6 Å². The predicted octanol–water partition coefficient (Wildman–Crippen LogP) is 6.46. The first-order chi connectivity index (χ1) is 19.3. The molecule has 3 rings (SSSR count). The van der Waals surface area contributed by atoms with Gasteiger partial charge in [-0.05, 0) is 82.2 Å². The van der Waals surface area contributed by atoms with E-state index in [9.17, 15) is 4.79 Å². The van der Waals surface area contributed by atoms with E-state index in [4.69, 9.17) is 36.1 Å². The number of fused-ring (bicyclic) bond motifs is 1. The SMILES string of the molecule is [B]C([B])(c1c[nH]c2cccc(OC(=O)CCCCCCC/C=C\C/C=C\CCCCC)c12)C([B])([B])N1CCCC1. The Labute approximate surface area is 247 Å². The van der Waals surface area contributed by atoms with Crippen molar-refractivity contribution in [3.63, 3.8) is 0 Å². The average Bonchev–Trinajstić information content (AvgIpc) is 3.62. The molecule has 0 amide bonds. The number of benzene rings is 1. The Bertz CT molecular complexity index is 1100. The molecule has 1 aliphatic rings. The Morgan fingerprint density at radius 3 is 2.27 bits per heavy atom. The van der Waals surface area contributed by atoms with E-state index in [1.807, 2.05) is 17.0 Å². The van der Waals surface area contributed by atoms with Gasteiger partial charge in [0.25, 0.3) is 0 Å². The van der Waals surface area contributed by atoms with Gasteiger partial charge in [0.05, 0.1) is 31.4 Å². The lowest BCUT2D eigenvalue weighted by Crippen LogP contribution is -2.64. The van der Waals surface area contributed by atoms with E-state index in [0.29, 0.717) is 23.1 Å². The summed E-state index contributed by atoms with van der Waals surface area (Å²) in [5.41, 5.74) is 1.29. The van der Waals surface area contributed by atoms with Crippen LogP contribution in [0.15, 0.2) is 48.7 Å². The van der Waals surface area contributed by atoms with E-state index in [2.05, 4.69) is 36.2 Å². The molecular weight excluding hydrogens is 488 g/mol. The number of nitrogens with zero attached hydrogens (tertiary/aromatic N) is 1. The maximum atomic E-state index is 12.7. The van der Waals surface area contributed by atoms with Crippen molar-refractivity contribution in [2.45, 2.75) is 107 Å². The van der Waals surface area contributed by atoms with E-state index in [-0.39, 0.29) is 5.97 Å². The molecule has 206 valence electrons. The third-order valence-electron chi connectivity index (χ3n) is 7.96. The van der Waals surface area contributed by atoms with Gasteiger partial charge in [-0.25, -0.2) is 0 Å². The number of hydrogen-bond donors (Lipinski definition) is 1. The van der Waals surface area contributed by atoms with Crippen molar-refractivity contribution < 1.29 is 9.53 Å². The van der Waals surface area contributed by atoms with Gasteiger partial charge in [0, 0.05) is 23.5 Å². The number of allylic oxidation sites excluding steroid dienone is 4. The largest absolute Gasteiger partial charge is 0.426 e. The van der Waals surface area contributed by atoms with Crippen LogP contribution < -0.4 is 4.74 Å². The van der Waals surface area contributed by atoms with Gasteiger partial charge in [-0.2, -0.15) is 0 Å². The molecule has 0 bridgehead atoms. The van der Waals surface area contributed by atoms with Crippen molar-refractivity contribution in [1.29, 1.82) is 0 Å². The second-order valence-corrected chi connectivity index (χ2v) is 11.2. The average molecular weight is 532 g/mol. The number of hydrogen-bond acceptors (Lipinski definition) is 3. The smallest absolute Gasteiger partial charge is 0.311 e. The molecule has 0 aliphatic carbocycles. The molecule has 2 aromatic rings. The van der Waals surface area contributed by atoms with E-state index >= 15 is 0 Å². The fourth-order valence-corrected chi connectivity index (χ4v) is 5.38. The number of carbonyl (C=O) groups is 1. The van der Waals surface area contributed by atoms with Crippen molar-refractivity contribution in [1.82, 2.24) is 9.88 Å². The maximum Gasteiger partial charge on any atom is 0.311 e. The van der Waals surface area contributed by atoms with Crippen molar-refractivity contribution in [2.75, 3.05) is 13.1 Å². The van der Waals surface area contributed by atoms with Crippen LogP contribution in [-0.2, 0) is 10.0 Å². The molecular formula is C32H44B4N2O2. The van der Waals surface area contributed by atoms with Gasteiger partial charge in [-0.15, -0.1) is 0 Å². The molecule has 1 aromatic carbocycles. The van der Waals surface area contributed by atoms with E-state index in [0.717, 1.165) is 63.6 Å². The third kappa shape index (κ3) is 8.96. The number of aromatic amines is 1. The molecule has 1 saturated heterocycles. The zero-order valence-electron chi connectivity index (χ0n) is 24.5. The Morgan fingerprint density at radius 2 is 1.57 bits per heavy atom. The number of nitrogens with one attached hydrogen (secondary N) is 1. The number of likely N-dealkylation sites (tertiary alicyclic amines) is 1. The summed E-state index contributed by atoms with van der Waals surface area (Å²) in [4.78, 5) is 17.8. The van der Waals surface area contributed by atoms with Crippen molar-refractivity contribution in [3.05, 3.63) is 54.3 Å². The van der Waals surface area contributed by atoms with Crippen molar-refractivity contribution in [3.8, 4) is 5.75 Å². The molecule has 4 nitrogen and oxygen atoms in total. The Morgan fingerprint density at radius 1 is 0.925 bits per heavy atom. The molecule has 1 fully saturated rings. The molecule has 0 spiro atoms. The van der Waals surface area contributed by atoms with Crippen molar-refractivity contribution >= 4 is 48.3 Å². The highest BCUT2D eigenvalue weighted by molar-refractivity contribution is 6.54. The Kier molecular flexibility index (Phi) is 13.3. The summed E-state index contributed by atoms with van der Waals surface area (Å²) in [6.07, 6.45) is 25.7. The molecule has 40 heavy (non-hydrogen) atoms. The number of carbonyl (C=O) groups excluding carboxylic acids is 1. The van der Waals surface area contributed by atoms with Crippen LogP contribution in [0.5, 0.6) is 5.75 Å². The van der Waals surface area contributed by atoms with Gasteiger partial charge in [0.1, 0.15) is 5.75 Å². The van der Waals surface area contributed by atoms with E-state index in [1.165, 1.54) is 38.5 Å². The minimum absolute atomic E-state index is 0.267. The normalized spacial score (nSPS) is 15.1. The first kappa shape index (κ1) is 32.4. The highest BCUT2D eigenvalue weighted by Crippen LogP contribution is 2.39. The molecule has 2 heterocycles. The second kappa shape index (κ2) is 16.4. The first-order valence-electron chi connectivity index (χ1n) is 15.3. The monoisotopic (exact) mass is 532 g/mol. The number of H-pyrrole nitrogens is 1. The summed E-state index contributed by atoms with van der Waals surface area (Å²) in [6.45, 7) is 3.71. The molecule has 0 saturated carbocycles. The Balaban J connectivity index is 1.41. The van der Waals surface area contributed by atoms with Crippen LogP contribution in [0.3, 0.4) is 0 Å². The second-order valence-electron chi connectivity index (χ2n) is 11.2. The lowest BCUT2D eigenvalue weighted by molar-refractivity contribution is -0.134. The van der Waals surface area contributed by atoms with Crippen molar-refractivity contribution in [2.24, 2.45) is 0 Å². The van der Waals surface area contributed by atoms with Gasteiger partial charge >= 0.3 is 5.97 Å². The summed E-state index contributed by atoms with van der Waals surface area (Å²) in [5, 5.41) is -2.39. The van der Waals surface area contributed by atoms with Gasteiger partial charge in [-0.3, -0.25) is 4.79 Å². The molecule has 1 aromatic heterocycles. The van der Waals surface area contributed by atoms with Gasteiger partial charge < -0.3 is 14.6 Å². The van der Waals surface area contributed by atoms with Gasteiger partial charge in [0.2, 0.25) is 0 Å². The zero-order valence-corrected chi connectivity index (χ0v) is 24.5. The van der Waals surface area contributed by atoms with Crippen LogP contribution in [-0.4, -0.2) is 65.7 Å². The Hall–Kier alpha value is -2.07. The van der Waals surface area contributed by atoms with Gasteiger partial charge in [0.15, 0.2) is 0 Å². The lowest BCUT2D eigenvalue weighted by Gasteiger charge is -2.50. The molecule has 0 atom stereocenters. The topological polar surface area (TPSA) is 45.3 Å². The van der Waals surface area contributed by atoms with Crippen LogP contribution in [0.1, 0.15) is 102 Å². The highest BCUT2D eigenvalue weighted by atomic mass is 16.5. The van der Waals surface area contributed by atoms with E-state index in [1.54, 1.807) is 12.3 Å². The molecule has 8 radical (unpaired) electrons. The molecule has 1 N–H and O–H groups in total. The van der Waals surface area contributed by atoms with Crippen LogP contribution in [0.4, 0.5) is 0 Å². The number of ether oxygens (including phenoxy) is 1. The number of rotatable bonds is 18. The minimum atomic E-state index is -1.57. The van der Waals surface area contributed by atoms with Crippen LogP contribution in [0.2, 0.25) is 0 Å². The summed E-state index contributed by atoms with van der Waals surface area (Å²) in [7, 11) is 26.3. The summed E-state index contributed by atoms with van der Waals surface area (Å²) < 4.78 is 5.80. The molecule has 1 aliphatic heterocycles. The first-order valence-corrected chi connectivity index (χ1v) is 15.3. The van der Waals surface area contributed by atoms with Crippen LogP contribution >= 0.6 is 0 Å². The summed E-state index contributed by atoms with van der Waals surface area (Å²) >= 11 is 0. The number of aromatic nitrogens is 1. The minimum Gasteiger partial charge on any atom is -0.426 e. The fraction of sp³-hybridized carbons (Fsp3) is 0.594. The van der Waals surface area contributed by atoms with Crippen LogP contribution in [0, 0.1) is 0 Å². The fourth-order valence-electron chi connectivity index (χ4n) is 5.38. The maximum absolute atomic E-state index is 12.7. The third-order valence-corrected chi connectivity index (χ3v) is 7.96. The molecule has 8 heteroatoms. The highest BCUT2D eigenvalue weighted by Gasteiger charge is 2.42. The van der Waals surface area contributed by atoms with Gasteiger partial charge in [-0.1, -0.05) is 79.9 Å². The number of esters is 1. The summed E-state index contributed by atoms with van der Waals surface area (Å²) in [5.74, 6) is 0.148. The predicted molar refractivity (Wildman–Crippen MR) is 172 cm³/mol. The lowest BCUT2D eigenvalue weighted by atomic mass is 9.31. The quantitative estimate of drug-likeness (QED) is 0.0789. The zero-order chi connectivity index (χ0) is 28.8. The summed E-state index contributed by atoms with van der Waals surface area (Å²) in [6, 6.07) is 5.47. The standard InChI is InChI=1S/C32H44B4N2O2/c1-2-3-4-5-6-7-8-9-10-11-12-13-14-15-16-22-29(39)40-28-21-19-20-27-30(28)26(25-37-27)31(33,34)32(35,36)38-23-17-18-24-38/h6-7,9-10,19-21,25,37H,2-5,8,11-18,22-24H2,1H3/b7-6-,10-9-. The van der Waals surface area contributed by atoms with Crippen LogP contribution in [0.25, 0.3) is 10.9 Å². The molecule has 0 unspecified atom stereocenters. The number of unbranched alkanes of at least 4 members (excludes halogenated alkanes) is 8.